The van der Waals surface area contributed by atoms with Gasteiger partial charge in [-0.1, -0.05) is 0 Å². The van der Waals surface area contributed by atoms with E-state index in [4.69, 9.17) is 0 Å². The lowest BCUT2D eigenvalue weighted by Crippen LogP contribution is -2.35. The monoisotopic (exact) mass is 215 g/mol. The zero-order chi connectivity index (χ0) is 10.8. The van der Waals surface area contributed by atoms with E-state index in [0.29, 0.717) is 6.04 Å². The zero-order valence-corrected chi connectivity index (χ0v) is 9.29. The van der Waals surface area contributed by atoms with Crippen molar-refractivity contribution in [2.24, 2.45) is 0 Å². The summed E-state index contributed by atoms with van der Waals surface area (Å²) in [7, 11) is 0. The Bertz CT molecular complexity index is 469. The van der Waals surface area contributed by atoms with Crippen molar-refractivity contribution in [3.63, 3.8) is 0 Å². The fraction of sp³-hybridized carbons (Fsp3) is 0.385. The number of hydrogen-bond acceptors (Lipinski definition) is 2. The molecule has 3 nitrogen and oxygen atoms in total. The Kier molecular flexibility index (Phi) is 2.54. The fourth-order valence-corrected chi connectivity index (χ4v) is 2.35. The summed E-state index contributed by atoms with van der Waals surface area (Å²) < 4.78 is 0. The highest BCUT2D eigenvalue weighted by Gasteiger charge is 2.12. The third-order valence-electron chi connectivity index (χ3n) is 3.26. The summed E-state index contributed by atoms with van der Waals surface area (Å²) in [5, 5.41) is 8.27. The van der Waals surface area contributed by atoms with Crippen LogP contribution >= 0.6 is 0 Å². The van der Waals surface area contributed by atoms with Gasteiger partial charge in [-0.05, 0) is 50.2 Å². The van der Waals surface area contributed by atoms with Crippen molar-refractivity contribution >= 4 is 16.6 Å². The predicted octanol–water partition coefficient (Wildman–Crippen LogP) is 2.33. The van der Waals surface area contributed by atoms with Crippen LogP contribution in [-0.4, -0.2) is 24.1 Å². The second-order valence-corrected chi connectivity index (χ2v) is 4.45. The molecule has 0 unspecified atom stereocenters. The van der Waals surface area contributed by atoms with E-state index in [9.17, 15) is 0 Å². The van der Waals surface area contributed by atoms with Crippen LogP contribution in [0.15, 0.2) is 30.5 Å². The summed E-state index contributed by atoms with van der Waals surface area (Å²) in [4.78, 5) is 3.21. The van der Waals surface area contributed by atoms with Gasteiger partial charge in [0.2, 0.25) is 0 Å². The van der Waals surface area contributed by atoms with Gasteiger partial charge in [0.1, 0.15) is 0 Å². The lowest BCUT2D eigenvalue weighted by molar-refractivity contribution is 0.479. The van der Waals surface area contributed by atoms with Crippen LogP contribution in [0.4, 0.5) is 5.69 Å². The van der Waals surface area contributed by atoms with Gasteiger partial charge in [0.15, 0.2) is 0 Å². The molecular formula is C13H17N3. The van der Waals surface area contributed by atoms with Gasteiger partial charge in [0.25, 0.3) is 0 Å². The van der Waals surface area contributed by atoms with Crippen molar-refractivity contribution in [2.45, 2.75) is 18.9 Å². The molecule has 1 aliphatic heterocycles. The number of piperidine rings is 1. The molecule has 2 heterocycles. The molecule has 0 atom stereocenters. The normalized spacial score (nSPS) is 17.8. The topological polar surface area (TPSA) is 39.8 Å². The summed E-state index contributed by atoms with van der Waals surface area (Å²) in [6.07, 6.45) is 4.41. The number of aromatic amines is 1. The highest BCUT2D eigenvalue weighted by molar-refractivity contribution is 5.83. The first-order valence-electron chi connectivity index (χ1n) is 5.96. The van der Waals surface area contributed by atoms with Gasteiger partial charge in [-0.25, -0.2) is 0 Å². The number of H-pyrrole nitrogens is 1. The van der Waals surface area contributed by atoms with Crippen LogP contribution in [0.25, 0.3) is 10.9 Å². The highest BCUT2D eigenvalue weighted by atomic mass is 15.0. The molecule has 3 N–H and O–H groups in total. The summed E-state index contributed by atoms with van der Waals surface area (Å²) in [6, 6.07) is 9.24. The number of fused-ring (bicyclic) bond motifs is 1. The standard InChI is InChI=1S/C13H17N3/c1-2-13-10(3-8-15-13)9-12(1)16-11-4-6-14-7-5-11/h1-3,8-9,11,14-16H,4-7H2. The summed E-state index contributed by atoms with van der Waals surface area (Å²) in [5.74, 6) is 0. The molecule has 0 bridgehead atoms. The minimum atomic E-state index is 0.623. The van der Waals surface area contributed by atoms with Crippen molar-refractivity contribution in [3.8, 4) is 0 Å². The molecule has 1 aliphatic rings. The van der Waals surface area contributed by atoms with Crippen molar-refractivity contribution in [2.75, 3.05) is 18.4 Å². The summed E-state index contributed by atoms with van der Waals surface area (Å²) in [5.41, 5.74) is 2.44. The quantitative estimate of drug-likeness (QED) is 0.719. The average Bonchev–Trinajstić information content (AvgIpc) is 2.77. The number of aromatic nitrogens is 1. The Balaban J connectivity index is 1.77. The van der Waals surface area contributed by atoms with E-state index in [1.807, 2.05) is 6.20 Å². The van der Waals surface area contributed by atoms with E-state index in [-0.39, 0.29) is 0 Å². The van der Waals surface area contributed by atoms with Gasteiger partial charge in [0, 0.05) is 28.8 Å². The molecule has 1 saturated heterocycles. The van der Waals surface area contributed by atoms with Crippen LogP contribution in [0.1, 0.15) is 12.8 Å². The van der Waals surface area contributed by atoms with Gasteiger partial charge in [-0.15, -0.1) is 0 Å². The molecule has 84 valence electrons. The van der Waals surface area contributed by atoms with Crippen LogP contribution < -0.4 is 10.6 Å². The second-order valence-electron chi connectivity index (χ2n) is 4.45. The molecule has 3 rings (SSSR count). The maximum Gasteiger partial charge on any atom is 0.0455 e. The first-order chi connectivity index (χ1) is 7.92. The number of rotatable bonds is 2. The number of nitrogens with one attached hydrogen (secondary N) is 3. The summed E-state index contributed by atoms with van der Waals surface area (Å²) in [6.45, 7) is 2.26. The van der Waals surface area contributed by atoms with Gasteiger partial charge < -0.3 is 15.6 Å². The maximum atomic E-state index is 3.61. The lowest BCUT2D eigenvalue weighted by Gasteiger charge is -2.24. The molecule has 0 amide bonds. The van der Waals surface area contributed by atoms with Crippen LogP contribution in [0.3, 0.4) is 0 Å². The van der Waals surface area contributed by atoms with E-state index in [1.54, 1.807) is 0 Å². The van der Waals surface area contributed by atoms with E-state index >= 15 is 0 Å². The average molecular weight is 215 g/mol. The Labute approximate surface area is 95.2 Å². The fourth-order valence-electron chi connectivity index (χ4n) is 2.35. The van der Waals surface area contributed by atoms with Gasteiger partial charge >= 0.3 is 0 Å². The molecule has 16 heavy (non-hydrogen) atoms. The smallest absolute Gasteiger partial charge is 0.0455 e. The van der Waals surface area contributed by atoms with Crippen molar-refractivity contribution in [1.82, 2.24) is 10.3 Å². The Morgan fingerprint density at radius 3 is 2.88 bits per heavy atom. The SMILES string of the molecule is c1cc2cc(NC3CCNCC3)ccc2[nH]1. The maximum absolute atomic E-state index is 3.61. The molecule has 2 aromatic rings. The Hall–Kier alpha value is -1.48. The molecule has 1 fully saturated rings. The van der Waals surface area contributed by atoms with Gasteiger partial charge in [-0.2, -0.15) is 0 Å². The van der Waals surface area contributed by atoms with Crippen molar-refractivity contribution in [3.05, 3.63) is 30.5 Å². The second kappa shape index (κ2) is 4.18. The first kappa shape index (κ1) is 9.73. The molecule has 0 saturated carbocycles. The van der Waals surface area contributed by atoms with Crippen molar-refractivity contribution < 1.29 is 0 Å². The number of benzene rings is 1. The zero-order valence-electron chi connectivity index (χ0n) is 9.29. The lowest BCUT2D eigenvalue weighted by atomic mass is 10.1. The van der Waals surface area contributed by atoms with E-state index in [2.05, 4.69) is 39.9 Å². The van der Waals surface area contributed by atoms with Crippen LogP contribution in [0.5, 0.6) is 0 Å². The van der Waals surface area contributed by atoms with Crippen LogP contribution in [0, 0.1) is 0 Å². The molecular weight excluding hydrogens is 198 g/mol. The van der Waals surface area contributed by atoms with E-state index in [1.165, 1.54) is 29.4 Å². The third kappa shape index (κ3) is 1.91. The molecule has 0 aliphatic carbocycles. The minimum absolute atomic E-state index is 0.623. The highest BCUT2D eigenvalue weighted by Crippen LogP contribution is 2.19. The third-order valence-corrected chi connectivity index (χ3v) is 3.26. The molecule has 3 heteroatoms. The molecule has 0 spiro atoms. The Morgan fingerprint density at radius 2 is 2.00 bits per heavy atom. The molecule has 0 radical (unpaired) electrons. The van der Waals surface area contributed by atoms with Crippen LogP contribution in [0.2, 0.25) is 0 Å². The number of hydrogen-bond donors (Lipinski definition) is 3. The van der Waals surface area contributed by atoms with Gasteiger partial charge in [-0.3, -0.25) is 0 Å². The molecule has 1 aromatic heterocycles. The minimum Gasteiger partial charge on any atom is -0.382 e. The number of anilines is 1. The largest absolute Gasteiger partial charge is 0.382 e. The first-order valence-corrected chi connectivity index (χ1v) is 5.96. The molecule has 1 aromatic carbocycles. The van der Waals surface area contributed by atoms with Gasteiger partial charge in [0.05, 0.1) is 0 Å². The van der Waals surface area contributed by atoms with Crippen LogP contribution in [-0.2, 0) is 0 Å². The van der Waals surface area contributed by atoms with E-state index < -0.39 is 0 Å². The Morgan fingerprint density at radius 1 is 1.12 bits per heavy atom. The predicted molar refractivity (Wildman–Crippen MR) is 67.8 cm³/mol. The summed E-state index contributed by atoms with van der Waals surface area (Å²) >= 11 is 0. The van der Waals surface area contributed by atoms with E-state index in [0.717, 1.165) is 13.1 Å². The van der Waals surface area contributed by atoms with Crippen molar-refractivity contribution in [1.29, 1.82) is 0 Å².